The number of amides is 2. The van der Waals surface area contributed by atoms with Gasteiger partial charge >= 0.3 is 16.0 Å². The lowest BCUT2D eigenvalue weighted by atomic mass is 10.3. The van der Waals surface area contributed by atoms with Crippen molar-refractivity contribution in [1.29, 1.82) is 0 Å². The maximum atomic E-state index is 11.5. The Morgan fingerprint density at radius 2 is 1.17 bits per heavy atom. The molecule has 2 heterocycles. The van der Waals surface area contributed by atoms with Crippen LogP contribution in [0.3, 0.4) is 0 Å². The summed E-state index contributed by atoms with van der Waals surface area (Å²) in [5, 5.41) is 32.4. The number of nitro groups is 2. The number of nitrogens with one attached hydrogen (secondary N) is 4. The molecule has 0 aliphatic rings. The first-order chi connectivity index (χ1) is 17.3. The van der Waals surface area contributed by atoms with Gasteiger partial charge in [0.2, 0.25) is 0 Å². The number of thiocarbonyl (C=S) groups is 1. The third-order valence-corrected chi connectivity index (χ3v) is 5.78. The summed E-state index contributed by atoms with van der Waals surface area (Å²) in [5.74, 6) is 0. The fourth-order valence-corrected chi connectivity index (χ4v) is 3.92. The second-order valence-corrected chi connectivity index (χ2v) is 8.84. The highest BCUT2D eigenvalue weighted by atomic mass is 32.1. The van der Waals surface area contributed by atoms with Crippen LogP contribution in [0.5, 0.6) is 0 Å². The summed E-state index contributed by atoms with van der Waals surface area (Å²) in [5.41, 5.74) is 1.46. The Labute approximate surface area is 216 Å². The molecule has 0 aliphatic heterocycles. The lowest BCUT2D eigenvalue weighted by molar-refractivity contribution is -0.380. The summed E-state index contributed by atoms with van der Waals surface area (Å²) in [6.45, 7) is 0. The summed E-state index contributed by atoms with van der Waals surface area (Å²) in [6.07, 6.45) is 2.29. The normalized spacial score (nSPS) is 9.78. The molecule has 2 aromatic carbocycles. The molecule has 0 atom stereocenters. The molecule has 4 N–H and O–H groups in total. The van der Waals surface area contributed by atoms with Crippen LogP contribution < -0.4 is 21.3 Å². The zero-order chi connectivity index (χ0) is 25.9. The fraction of sp³-hybridized carbons (Fsp3) is 0. The molecular weight excluding hydrogens is 528 g/mol. The average Bonchev–Trinajstić information content (AvgIpc) is 3.51. The van der Waals surface area contributed by atoms with Gasteiger partial charge in [-0.2, -0.15) is 0 Å². The van der Waals surface area contributed by atoms with E-state index in [0.717, 1.165) is 34.6 Å². The van der Waals surface area contributed by atoms with Crippen molar-refractivity contribution in [1.82, 2.24) is 9.97 Å². The van der Waals surface area contributed by atoms with E-state index in [1.165, 1.54) is 6.20 Å². The van der Waals surface area contributed by atoms with Crippen molar-refractivity contribution < 1.29 is 14.6 Å². The van der Waals surface area contributed by atoms with Crippen LogP contribution in [0, 0.1) is 20.2 Å². The predicted molar refractivity (Wildman–Crippen MR) is 143 cm³/mol. The molecule has 184 valence electrons. The van der Waals surface area contributed by atoms with Crippen molar-refractivity contribution >= 4 is 77.7 Å². The maximum absolute atomic E-state index is 11.5. The molecular formula is C20H16N8O5S3. The number of nitrogens with zero attached hydrogens (tertiary/aromatic N) is 4. The smallest absolute Gasteiger partial charge is 0.332 e. The van der Waals surface area contributed by atoms with Gasteiger partial charge in [-0.1, -0.05) is 36.4 Å². The van der Waals surface area contributed by atoms with E-state index in [9.17, 15) is 25.0 Å². The summed E-state index contributed by atoms with van der Waals surface area (Å²) < 4.78 is 0. The Hall–Kier alpha value is -4.54. The lowest BCUT2D eigenvalue weighted by Crippen LogP contribution is -2.19. The monoisotopic (exact) mass is 544 g/mol. The van der Waals surface area contributed by atoms with E-state index in [1.54, 1.807) is 24.3 Å². The molecule has 0 bridgehead atoms. The summed E-state index contributed by atoms with van der Waals surface area (Å²) in [7, 11) is 0. The van der Waals surface area contributed by atoms with E-state index in [0.29, 0.717) is 15.9 Å². The predicted octanol–water partition coefficient (Wildman–Crippen LogP) is 5.56. The molecule has 36 heavy (non-hydrogen) atoms. The molecule has 2 amide bonds. The molecule has 4 aromatic rings. The van der Waals surface area contributed by atoms with Crippen molar-refractivity contribution in [3.63, 3.8) is 0 Å². The summed E-state index contributed by atoms with van der Waals surface area (Å²) in [4.78, 5) is 39.0. The van der Waals surface area contributed by atoms with Gasteiger partial charge < -0.3 is 16.0 Å². The first-order valence-electron chi connectivity index (χ1n) is 9.76. The van der Waals surface area contributed by atoms with Crippen LogP contribution in [0.1, 0.15) is 0 Å². The van der Waals surface area contributed by atoms with Gasteiger partial charge in [-0.15, -0.1) is 0 Å². The van der Waals surface area contributed by atoms with E-state index < -0.39 is 15.9 Å². The van der Waals surface area contributed by atoms with Gasteiger partial charge in [0.05, 0.1) is 9.85 Å². The van der Waals surface area contributed by atoms with Gasteiger partial charge in [0.25, 0.3) is 0 Å². The Balaban J connectivity index is 0.000000201. The number of hydrogen-bond donors (Lipinski definition) is 4. The number of aromatic nitrogens is 2. The Kier molecular flexibility index (Phi) is 9.26. The average molecular weight is 545 g/mol. The maximum Gasteiger partial charge on any atom is 0.345 e. The van der Waals surface area contributed by atoms with Crippen molar-refractivity contribution in [2.75, 3.05) is 21.3 Å². The molecule has 0 aliphatic carbocycles. The van der Waals surface area contributed by atoms with Crippen molar-refractivity contribution in [2.24, 2.45) is 0 Å². The zero-order valence-corrected chi connectivity index (χ0v) is 20.4. The van der Waals surface area contributed by atoms with Crippen LogP contribution in [-0.2, 0) is 0 Å². The largest absolute Gasteiger partial charge is 0.345 e. The van der Waals surface area contributed by atoms with Crippen LogP contribution in [0.4, 0.5) is 36.4 Å². The van der Waals surface area contributed by atoms with Crippen LogP contribution in [0.25, 0.3) is 0 Å². The Morgan fingerprint density at radius 1 is 0.722 bits per heavy atom. The molecule has 13 nitrogen and oxygen atoms in total. The zero-order valence-electron chi connectivity index (χ0n) is 18.0. The highest BCUT2D eigenvalue weighted by molar-refractivity contribution is 7.80. The van der Waals surface area contributed by atoms with Crippen LogP contribution in [-0.4, -0.2) is 31.0 Å². The van der Waals surface area contributed by atoms with E-state index in [2.05, 4.69) is 31.2 Å². The number of rotatable bonds is 6. The summed E-state index contributed by atoms with van der Waals surface area (Å²) in [6, 6.07) is 17.7. The van der Waals surface area contributed by atoms with E-state index in [-0.39, 0.29) is 15.1 Å². The molecule has 0 fully saturated rings. The lowest BCUT2D eigenvalue weighted by Gasteiger charge is -2.07. The van der Waals surface area contributed by atoms with E-state index >= 15 is 0 Å². The molecule has 0 unspecified atom stereocenters. The Morgan fingerprint density at radius 3 is 1.61 bits per heavy atom. The second-order valence-electron chi connectivity index (χ2n) is 6.41. The number of urea groups is 1. The molecule has 4 rings (SSSR count). The second kappa shape index (κ2) is 12.8. The Bertz CT molecular complexity index is 1240. The van der Waals surface area contributed by atoms with E-state index in [4.69, 9.17) is 12.2 Å². The van der Waals surface area contributed by atoms with Gasteiger partial charge in [-0.3, -0.25) is 25.5 Å². The molecule has 0 saturated heterocycles. The molecule has 0 spiro atoms. The van der Waals surface area contributed by atoms with Gasteiger partial charge in [0.1, 0.15) is 12.4 Å². The third kappa shape index (κ3) is 8.35. The minimum Gasteiger partial charge on any atom is -0.332 e. The van der Waals surface area contributed by atoms with Crippen LogP contribution in [0.2, 0.25) is 0 Å². The van der Waals surface area contributed by atoms with Crippen LogP contribution in [0.15, 0.2) is 73.1 Å². The van der Waals surface area contributed by atoms with Crippen molar-refractivity contribution in [3.8, 4) is 0 Å². The highest BCUT2D eigenvalue weighted by Crippen LogP contribution is 2.25. The number of anilines is 4. The summed E-state index contributed by atoms with van der Waals surface area (Å²) >= 11 is 6.80. The van der Waals surface area contributed by atoms with Crippen molar-refractivity contribution in [2.45, 2.75) is 0 Å². The topological polar surface area (TPSA) is 177 Å². The van der Waals surface area contributed by atoms with E-state index in [1.807, 2.05) is 36.4 Å². The number of carbonyl (C=O) groups excluding carboxylic acids is 1. The van der Waals surface area contributed by atoms with Gasteiger partial charge in [0, 0.05) is 11.4 Å². The first-order valence-corrected chi connectivity index (χ1v) is 11.8. The molecule has 0 radical (unpaired) electrons. The molecule has 16 heteroatoms. The van der Waals surface area contributed by atoms with Gasteiger partial charge in [0.15, 0.2) is 15.4 Å². The van der Waals surface area contributed by atoms with Gasteiger partial charge in [-0.05, 0) is 59.2 Å². The van der Waals surface area contributed by atoms with Crippen molar-refractivity contribution in [3.05, 3.63) is 93.3 Å². The first kappa shape index (κ1) is 26.1. The van der Waals surface area contributed by atoms with Gasteiger partial charge in [-0.25, -0.2) is 14.8 Å². The number of benzene rings is 2. The SMILES string of the molecule is O=C(Nc1ccccc1)Nc1ncc([N+](=O)[O-])s1.O=[N+]([O-])c1cnc(NC(=S)Nc2ccccc2)s1. The third-order valence-electron chi connectivity index (χ3n) is 3.85. The number of carbonyl (C=O) groups is 1. The molecule has 2 aromatic heterocycles. The number of para-hydroxylation sites is 2. The quantitative estimate of drug-likeness (QED) is 0.136. The minimum absolute atomic E-state index is 0.0278. The molecule has 0 saturated carbocycles. The van der Waals surface area contributed by atoms with Crippen LogP contribution >= 0.6 is 34.9 Å². The standard InChI is InChI=1S/C10H8N4O3S.C10H8N4O2S2/c15-9(12-7-4-2-1-3-5-7)13-10-11-6-8(18-10)14(16)17;15-14(16)8-6-11-10(18-8)13-9(17)12-7-4-2-1-3-5-7/h1-6H,(H2,11,12,13,15);1-6H,(H2,11,12,13,17). The fourth-order valence-electron chi connectivity index (χ4n) is 2.38. The number of hydrogen-bond acceptors (Lipinski definition) is 10. The minimum atomic E-state index is -0.558. The number of thiazole rings is 2. The highest BCUT2D eigenvalue weighted by Gasteiger charge is 2.13.